The summed E-state index contributed by atoms with van der Waals surface area (Å²) >= 11 is 0. The molecule has 0 saturated heterocycles. The van der Waals surface area contributed by atoms with Crippen molar-refractivity contribution in [3.63, 3.8) is 0 Å². The van der Waals surface area contributed by atoms with Gasteiger partial charge in [-0.25, -0.2) is 0 Å². The molecule has 0 fully saturated rings. The predicted molar refractivity (Wildman–Crippen MR) is 77.4 cm³/mol. The van der Waals surface area contributed by atoms with Gasteiger partial charge in [-0.1, -0.05) is 18.2 Å². The summed E-state index contributed by atoms with van der Waals surface area (Å²) in [4.78, 5) is 11.9. The Morgan fingerprint density at radius 3 is 3.05 bits per heavy atom. The molecule has 2 bridgehead atoms. The maximum absolute atomic E-state index is 11.9. The van der Waals surface area contributed by atoms with Gasteiger partial charge in [0, 0.05) is 30.2 Å². The zero-order valence-corrected chi connectivity index (χ0v) is 11.3. The van der Waals surface area contributed by atoms with E-state index in [0.717, 1.165) is 23.0 Å². The number of benzene rings is 1. The summed E-state index contributed by atoms with van der Waals surface area (Å²) in [7, 11) is 0. The van der Waals surface area contributed by atoms with E-state index < -0.39 is 6.04 Å². The topological polar surface area (TPSA) is 69.3 Å². The number of amides is 1. The molecule has 3 rings (SSSR count). The van der Waals surface area contributed by atoms with E-state index in [1.54, 1.807) is 0 Å². The minimum atomic E-state index is -0.520. The van der Waals surface area contributed by atoms with Gasteiger partial charge in [0.2, 0.25) is 5.91 Å². The van der Waals surface area contributed by atoms with E-state index in [9.17, 15) is 4.79 Å². The average Bonchev–Trinajstić information content (AvgIpc) is 2.80. The van der Waals surface area contributed by atoms with Crippen molar-refractivity contribution in [2.75, 3.05) is 19.8 Å². The third kappa shape index (κ3) is 2.55. The van der Waals surface area contributed by atoms with Crippen LogP contribution in [0, 0.1) is 0 Å². The zero-order chi connectivity index (χ0) is 13.9. The summed E-state index contributed by atoms with van der Waals surface area (Å²) in [5.41, 5.74) is 8.27. The highest BCUT2D eigenvalue weighted by Gasteiger charge is 2.17. The molecule has 0 saturated carbocycles. The van der Waals surface area contributed by atoms with Crippen LogP contribution >= 0.6 is 0 Å². The van der Waals surface area contributed by atoms with Gasteiger partial charge < -0.3 is 20.4 Å². The monoisotopic (exact) mass is 273 g/mol. The van der Waals surface area contributed by atoms with Crippen LogP contribution in [-0.4, -0.2) is 36.3 Å². The number of carbonyl (C=O) groups excluding carboxylic acids is 1. The first-order chi connectivity index (χ1) is 9.75. The molecule has 20 heavy (non-hydrogen) atoms. The number of hydrogen-bond acceptors (Lipinski definition) is 3. The molecule has 5 nitrogen and oxygen atoms in total. The smallest absolute Gasteiger partial charge is 0.237 e. The van der Waals surface area contributed by atoms with Gasteiger partial charge in [-0.3, -0.25) is 4.79 Å². The van der Waals surface area contributed by atoms with Crippen LogP contribution in [0.3, 0.4) is 0 Å². The lowest BCUT2D eigenvalue weighted by molar-refractivity contribution is -0.122. The van der Waals surface area contributed by atoms with E-state index in [1.807, 2.05) is 12.1 Å². The molecule has 5 heteroatoms. The molecule has 1 amide bonds. The Morgan fingerprint density at radius 1 is 1.30 bits per heavy atom. The Balaban J connectivity index is 2.00. The molecule has 0 radical (unpaired) electrons. The van der Waals surface area contributed by atoms with E-state index in [0.29, 0.717) is 26.2 Å². The van der Waals surface area contributed by atoms with Gasteiger partial charge >= 0.3 is 0 Å². The number of nitrogens with zero attached hydrogens (tertiary/aromatic N) is 1. The number of nitrogens with one attached hydrogen (secondary N) is 1. The van der Waals surface area contributed by atoms with Crippen molar-refractivity contribution in [2.45, 2.75) is 19.0 Å². The van der Waals surface area contributed by atoms with E-state index >= 15 is 0 Å². The molecular formula is C15H19N3O2. The fraction of sp³-hybridized carbons (Fsp3) is 0.400. The van der Waals surface area contributed by atoms with Crippen molar-refractivity contribution >= 4 is 16.8 Å². The average molecular weight is 273 g/mol. The Labute approximate surface area is 117 Å². The first-order valence-electron chi connectivity index (χ1n) is 6.93. The largest absolute Gasteiger partial charge is 0.378 e. The van der Waals surface area contributed by atoms with Crippen molar-refractivity contribution < 1.29 is 9.53 Å². The molecule has 106 valence electrons. The fourth-order valence-corrected chi connectivity index (χ4v) is 2.64. The van der Waals surface area contributed by atoms with Crippen LogP contribution < -0.4 is 11.1 Å². The maximum Gasteiger partial charge on any atom is 0.237 e. The molecular weight excluding hydrogens is 254 g/mol. The Hall–Kier alpha value is -1.85. The third-order valence-electron chi connectivity index (χ3n) is 3.67. The number of aromatic nitrogens is 1. The van der Waals surface area contributed by atoms with Crippen LogP contribution in [-0.2, 0) is 22.5 Å². The van der Waals surface area contributed by atoms with E-state index in [-0.39, 0.29) is 5.91 Å². The van der Waals surface area contributed by atoms with Crippen LogP contribution in [0.5, 0.6) is 0 Å². The first kappa shape index (κ1) is 13.1. The number of fused-ring (bicyclic) bond motifs is 5. The SMILES string of the molecule is N[C@H]1Cc2cn(c3ccccc23)CCOCCNC1=O. The number of nitrogens with two attached hydrogens (primary N) is 1. The van der Waals surface area contributed by atoms with Gasteiger partial charge in [0.1, 0.15) is 0 Å². The number of hydrogen-bond donors (Lipinski definition) is 2. The molecule has 2 heterocycles. The lowest BCUT2D eigenvalue weighted by Crippen LogP contribution is -2.43. The van der Waals surface area contributed by atoms with Crippen molar-refractivity contribution in [3.05, 3.63) is 36.0 Å². The second kappa shape index (κ2) is 5.64. The molecule has 1 aromatic heterocycles. The molecule has 1 aliphatic heterocycles. The molecule has 0 aliphatic carbocycles. The van der Waals surface area contributed by atoms with E-state index in [1.165, 1.54) is 0 Å². The molecule has 1 atom stereocenters. The third-order valence-corrected chi connectivity index (χ3v) is 3.67. The zero-order valence-electron chi connectivity index (χ0n) is 11.3. The summed E-state index contributed by atoms with van der Waals surface area (Å²) in [5.74, 6) is -0.119. The summed E-state index contributed by atoms with van der Waals surface area (Å²) in [6, 6.07) is 7.68. The van der Waals surface area contributed by atoms with Crippen molar-refractivity contribution in [3.8, 4) is 0 Å². The Morgan fingerprint density at radius 2 is 2.15 bits per heavy atom. The number of para-hydroxylation sites is 1. The number of carbonyl (C=O) groups is 1. The van der Waals surface area contributed by atoms with Crippen LogP contribution in [0.25, 0.3) is 10.9 Å². The summed E-state index contributed by atoms with van der Waals surface area (Å²) in [6.45, 7) is 2.48. The molecule has 3 N–H and O–H groups in total. The first-order valence-corrected chi connectivity index (χ1v) is 6.93. The molecule has 1 aliphatic rings. The van der Waals surface area contributed by atoms with Crippen molar-refractivity contribution in [2.24, 2.45) is 5.73 Å². The summed E-state index contributed by atoms with van der Waals surface area (Å²) < 4.78 is 7.71. The van der Waals surface area contributed by atoms with Crippen molar-refractivity contribution in [1.29, 1.82) is 0 Å². The minimum Gasteiger partial charge on any atom is -0.378 e. The second-order valence-corrected chi connectivity index (χ2v) is 5.08. The van der Waals surface area contributed by atoms with Gasteiger partial charge in [0.05, 0.1) is 19.3 Å². The fourth-order valence-electron chi connectivity index (χ4n) is 2.64. The van der Waals surface area contributed by atoms with Crippen LogP contribution in [0.2, 0.25) is 0 Å². The highest BCUT2D eigenvalue weighted by Crippen LogP contribution is 2.22. The summed E-state index contributed by atoms with van der Waals surface area (Å²) in [6.07, 6.45) is 2.64. The highest BCUT2D eigenvalue weighted by molar-refractivity contribution is 5.86. The van der Waals surface area contributed by atoms with Crippen molar-refractivity contribution in [1.82, 2.24) is 9.88 Å². The lowest BCUT2D eigenvalue weighted by Gasteiger charge is -2.13. The minimum absolute atomic E-state index is 0.119. The van der Waals surface area contributed by atoms with E-state index in [4.69, 9.17) is 10.5 Å². The van der Waals surface area contributed by atoms with Crippen LogP contribution in [0.1, 0.15) is 5.56 Å². The predicted octanol–water partition coefficient (Wildman–Crippen LogP) is 0.657. The van der Waals surface area contributed by atoms with Crippen LogP contribution in [0.15, 0.2) is 30.5 Å². The number of rotatable bonds is 0. The van der Waals surface area contributed by atoms with Gasteiger partial charge in [-0.05, 0) is 18.1 Å². The molecule has 1 aromatic carbocycles. The second-order valence-electron chi connectivity index (χ2n) is 5.08. The molecule has 0 unspecified atom stereocenters. The lowest BCUT2D eigenvalue weighted by atomic mass is 10.1. The quantitative estimate of drug-likeness (QED) is 0.741. The van der Waals surface area contributed by atoms with Gasteiger partial charge in [-0.15, -0.1) is 0 Å². The normalized spacial score (nSPS) is 21.1. The standard InChI is InChI=1S/C15H19N3O2/c16-13-9-11-10-18(14-4-2-1-3-12(11)14)6-8-20-7-5-17-15(13)19/h1-4,10,13H,5-9,16H2,(H,17,19)/t13-/m0/s1. The Kier molecular flexibility index (Phi) is 3.71. The highest BCUT2D eigenvalue weighted by atomic mass is 16.5. The van der Waals surface area contributed by atoms with Gasteiger partial charge in [-0.2, -0.15) is 0 Å². The Bertz CT molecular complexity index is 621. The maximum atomic E-state index is 11.9. The molecule has 0 spiro atoms. The van der Waals surface area contributed by atoms with Gasteiger partial charge in [0.15, 0.2) is 0 Å². The molecule has 2 aromatic rings. The van der Waals surface area contributed by atoms with Gasteiger partial charge in [0.25, 0.3) is 0 Å². The number of ether oxygens (including phenoxy) is 1. The van der Waals surface area contributed by atoms with Crippen LogP contribution in [0.4, 0.5) is 0 Å². The van der Waals surface area contributed by atoms with E-state index in [2.05, 4.69) is 28.2 Å². The summed E-state index contributed by atoms with van der Waals surface area (Å²) in [5, 5.41) is 3.96.